The van der Waals surface area contributed by atoms with E-state index in [1.54, 1.807) is 0 Å². The minimum absolute atomic E-state index is 0.0630. The molecule has 5 heteroatoms. The fraction of sp³-hybridized carbons (Fsp3) is 0.480. The number of hydrogen-bond donors (Lipinski definition) is 2. The number of amides is 1. The third-order valence-electron chi connectivity index (χ3n) is 6.37. The maximum absolute atomic E-state index is 12.2. The van der Waals surface area contributed by atoms with Gasteiger partial charge in [0.2, 0.25) is 5.91 Å². The van der Waals surface area contributed by atoms with Crippen LogP contribution in [-0.4, -0.2) is 35.0 Å². The molecule has 0 atom stereocenters. The molecule has 1 saturated carbocycles. The van der Waals surface area contributed by atoms with Crippen LogP contribution in [0.25, 0.3) is 0 Å². The van der Waals surface area contributed by atoms with Gasteiger partial charge in [0.1, 0.15) is 0 Å². The Balaban J connectivity index is 1.45. The molecule has 1 aliphatic carbocycles. The summed E-state index contributed by atoms with van der Waals surface area (Å²) < 4.78 is 1.02. The van der Waals surface area contributed by atoms with Crippen molar-refractivity contribution in [3.63, 3.8) is 0 Å². The maximum Gasteiger partial charge on any atom is 0.225 e. The molecular formula is C25H34IN3O. The molecule has 0 unspecified atom stereocenters. The van der Waals surface area contributed by atoms with Crippen LogP contribution in [0.15, 0.2) is 48.5 Å². The average Bonchev–Trinajstić information content (AvgIpc) is 3.25. The number of hydrogen-bond acceptors (Lipinski definition) is 3. The Kier molecular flexibility index (Phi) is 8.72. The predicted octanol–water partition coefficient (Wildman–Crippen LogP) is 5.39. The number of carbonyl (C=O) groups is 1. The van der Waals surface area contributed by atoms with Crippen molar-refractivity contribution in [2.24, 2.45) is 0 Å². The SMILES string of the molecule is Cc1ccc(NC(=O)CCNCCN(CI)C2(c3ccccc3)CCCC2)cc1C. The first-order valence-electron chi connectivity index (χ1n) is 11.0. The molecule has 2 N–H and O–H groups in total. The molecule has 1 aliphatic rings. The van der Waals surface area contributed by atoms with E-state index in [4.69, 9.17) is 0 Å². The molecule has 2 aromatic carbocycles. The lowest BCUT2D eigenvalue weighted by Gasteiger charge is -2.41. The summed E-state index contributed by atoms with van der Waals surface area (Å²) in [5, 5.41) is 6.48. The van der Waals surface area contributed by atoms with E-state index >= 15 is 0 Å². The zero-order valence-electron chi connectivity index (χ0n) is 18.2. The van der Waals surface area contributed by atoms with Gasteiger partial charge >= 0.3 is 0 Å². The standard InChI is InChI=1S/C25H34IN3O/c1-20-10-11-23(18-21(20)2)28-24(30)12-15-27-16-17-29(19-26)25(13-6-7-14-25)22-8-4-3-5-9-22/h3-5,8-11,18,27H,6-7,12-17,19H2,1-2H3,(H,28,30). The Morgan fingerprint density at radius 2 is 1.77 bits per heavy atom. The van der Waals surface area contributed by atoms with Crippen LogP contribution in [0.2, 0.25) is 0 Å². The van der Waals surface area contributed by atoms with Crippen LogP contribution in [0.1, 0.15) is 48.8 Å². The molecule has 0 saturated heterocycles. The van der Waals surface area contributed by atoms with Gasteiger partial charge in [0.15, 0.2) is 0 Å². The molecule has 30 heavy (non-hydrogen) atoms. The Bertz CT molecular complexity index is 818. The van der Waals surface area contributed by atoms with Gasteiger partial charge in [-0.3, -0.25) is 9.69 Å². The monoisotopic (exact) mass is 519 g/mol. The normalized spacial score (nSPS) is 15.5. The van der Waals surface area contributed by atoms with Crippen molar-refractivity contribution in [1.82, 2.24) is 10.2 Å². The van der Waals surface area contributed by atoms with E-state index < -0.39 is 0 Å². The molecule has 0 aliphatic heterocycles. The third-order valence-corrected chi connectivity index (χ3v) is 7.19. The Labute approximate surface area is 195 Å². The number of carbonyl (C=O) groups excluding carboxylic acids is 1. The van der Waals surface area contributed by atoms with Crippen LogP contribution in [0.4, 0.5) is 5.69 Å². The number of nitrogens with one attached hydrogen (secondary N) is 2. The molecule has 1 amide bonds. The first kappa shape index (κ1) is 23.2. The van der Waals surface area contributed by atoms with Gasteiger partial charge in [0.05, 0.1) is 4.55 Å². The largest absolute Gasteiger partial charge is 0.326 e. The summed E-state index contributed by atoms with van der Waals surface area (Å²) in [7, 11) is 0. The van der Waals surface area contributed by atoms with Crippen LogP contribution in [-0.2, 0) is 10.3 Å². The molecule has 1 fully saturated rings. The highest BCUT2D eigenvalue weighted by Crippen LogP contribution is 2.44. The van der Waals surface area contributed by atoms with Crippen LogP contribution in [0.5, 0.6) is 0 Å². The number of halogens is 1. The van der Waals surface area contributed by atoms with Crippen molar-refractivity contribution >= 4 is 34.2 Å². The van der Waals surface area contributed by atoms with Gasteiger partial charge in [-0.1, -0.05) is 71.8 Å². The number of benzene rings is 2. The van der Waals surface area contributed by atoms with Crippen molar-refractivity contribution in [2.45, 2.75) is 51.5 Å². The highest BCUT2D eigenvalue weighted by molar-refractivity contribution is 14.1. The lowest BCUT2D eigenvalue weighted by Crippen LogP contribution is -2.46. The fourth-order valence-electron chi connectivity index (χ4n) is 4.47. The number of nitrogens with zero attached hydrogens (tertiary/aromatic N) is 1. The molecule has 0 bridgehead atoms. The molecule has 3 rings (SSSR count). The van der Waals surface area contributed by atoms with Gasteiger partial charge in [-0.05, 0) is 55.5 Å². The van der Waals surface area contributed by atoms with Crippen molar-refractivity contribution in [1.29, 1.82) is 0 Å². The number of anilines is 1. The summed E-state index contributed by atoms with van der Waals surface area (Å²) in [4.78, 5) is 14.9. The number of rotatable bonds is 10. The van der Waals surface area contributed by atoms with Crippen LogP contribution >= 0.6 is 22.6 Å². The van der Waals surface area contributed by atoms with Gasteiger partial charge in [-0.25, -0.2) is 0 Å². The second-order valence-electron chi connectivity index (χ2n) is 8.33. The fourth-order valence-corrected chi connectivity index (χ4v) is 5.46. The summed E-state index contributed by atoms with van der Waals surface area (Å²) >= 11 is 2.50. The zero-order valence-corrected chi connectivity index (χ0v) is 20.4. The average molecular weight is 519 g/mol. The highest BCUT2D eigenvalue weighted by Gasteiger charge is 2.40. The molecular weight excluding hydrogens is 485 g/mol. The summed E-state index contributed by atoms with van der Waals surface area (Å²) in [5.41, 5.74) is 4.94. The van der Waals surface area contributed by atoms with Gasteiger partial charge in [0.25, 0.3) is 0 Å². The Morgan fingerprint density at radius 1 is 1.03 bits per heavy atom. The smallest absolute Gasteiger partial charge is 0.225 e. The van der Waals surface area contributed by atoms with Crippen LogP contribution in [0.3, 0.4) is 0 Å². The molecule has 0 aromatic heterocycles. The van der Waals surface area contributed by atoms with E-state index in [1.807, 2.05) is 18.2 Å². The number of alkyl halides is 1. The number of aryl methyl sites for hydroxylation is 2. The van der Waals surface area contributed by atoms with E-state index in [-0.39, 0.29) is 11.4 Å². The molecule has 0 heterocycles. The van der Waals surface area contributed by atoms with E-state index in [9.17, 15) is 4.79 Å². The summed E-state index contributed by atoms with van der Waals surface area (Å²) in [5.74, 6) is 0.0630. The Hall–Kier alpha value is -1.44. The third kappa shape index (κ3) is 5.83. The van der Waals surface area contributed by atoms with Crippen molar-refractivity contribution in [3.05, 3.63) is 65.2 Å². The zero-order chi connectivity index (χ0) is 21.4. The molecule has 0 radical (unpaired) electrons. The Morgan fingerprint density at radius 3 is 2.43 bits per heavy atom. The predicted molar refractivity (Wildman–Crippen MR) is 134 cm³/mol. The highest BCUT2D eigenvalue weighted by atomic mass is 127. The van der Waals surface area contributed by atoms with Gasteiger partial charge in [0, 0.05) is 37.3 Å². The molecule has 162 valence electrons. The molecule has 4 nitrogen and oxygen atoms in total. The van der Waals surface area contributed by atoms with E-state index in [0.717, 1.165) is 23.3 Å². The minimum Gasteiger partial charge on any atom is -0.326 e. The summed E-state index contributed by atoms with van der Waals surface area (Å²) in [6.07, 6.45) is 5.56. The molecule has 2 aromatic rings. The molecule has 0 spiro atoms. The van der Waals surface area contributed by atoms with Crippen LogP contribution < -0.4 is 10.6 Å². The van der Waals surface area contributed by atoms with Gasteiger partial charge in [-0.15, -0.1) is 0 Å². The van der Waals surface area contributed by atoms with E-state index in [1.165, 1.54) is 42.4 Å². The first-order chi connectivity index (χ1) is 14.5. The van der Waals surface area contributed by atoms with Gasteiger partial charge in [-0.2, -0.15) is 0 Å². The second-order valence-corrected chi connectivity index (χ2v) is 9.02. The van der Waals surface area contributed by atoms with Crippen LogP contribution in [0, 0.1) is 13.8 Å². The summed E-state index contributed by atoms with van der Waals surface area (Å²) in [6.45, 7) is 6.74. The van der Waals surface area contributed by atoms with E-state index in [2.05, 4.69) is 82.3 Å². The van der Waals surface area contributed by atoms with E-state index in [0.29, 0.717) is 13.0 Å². The minimum atomic E-state index is 0.0630. The van der Waals surface area contributed by atoms with Crippen molar-refractivity contribution < 1.29 is 4.79 Å². The van der Waals surface area contributed by atoms with Gasteiger partial charge < -0.3 is 10.6 Å². The topological polar surface area (TPSA) is 44.4 Å². The van der Waals surface area contributed by atoms with Crippen molar-refractivity contribution in [2.75, 3.05) is 29.5 Å². The lowest BCUT2D eigenvalue weighted by atomic mass is 9.86. The maximum atomic E-state index is 12.2. The lowest BCUT2D eigenvalue weighted by molar-refractivity contribution is -0.116. The van der Waals surface area contributed by atoms with Crippen molar-refractivity contribution in [3.8, 4) is 0 Å². The summed E-state index contributed by atoms with van der Waals surface area (Å²) in [6, 6.07) is 17.0. The first-order valence-corrected chi connectivity index (χ1v) is 12.5. The second kappa shape index (κ2) is 11.3. The quantitative estimate of drug-likeness (QED) is 0.192.